The fourth-order valence-corrected chi connectivity index (χ4v) is 2.64. The monoisotopic (exact) mass is 214 g/mol. The Balaban J connectivity index is 1.93. The van der Waals surface area contributed by atoms with Crippen LogP contribution in [0.25, 0.3) is 0 Å². The van der Waals surface area contributed by atoms with Gasteiger partial charge in [0, 0.05) is 26.2 Å². The lowest BCUT2D eigenvalue weighted by Crippen LogP contribution is -2.44. The molecular formula is C11H18O4. The van der Waals surface area contributed by atoms with Crippen molar-refractivity contribution in [3.8, 4) is 0 Å². The Labute approximate surface area is 89.6 Å². The van der Waals surface area contributed by atoms with E-state index in [2.05, 4.69) is 0 Å². The zero-order chi connectivity index (χ0) is 10.7. The second-order valence-corrected chi connectivity index (χ2v) is 4.60. The standard InChI is InChI=1S/C11H18O4/c12-10(13)7-9-1-4-15-11(8-9)2-5-14-6-3-11/h9H,1-8H2,(H,12,13). The molecule has 0 saturated carbocycles. The summed E-state index contributed by atoms with van der Waals surface area (Å²) in [5.41, 5.74) is -0.0728. The molecule has 4 nitrogen and oxygen atoms in total. The molecule has 2 fully saturated rings. The molecule has 4 heteroatoms. The van der Waals surface area contributed by atoms with Crippen LogP contribution in [0.15, 0.2) is 0 Å². The first kappa shape index (κ1) is 10.9. The second-order valence-electron chi connectivity index (χ2n) is 4.60. The number of carboxylic acid groups (broad SMARTS) is 1. The summed E-state index contributed by atoms with van der Waals surface area (Å²) in [6.45, 7) is 2.21. The zero-order valence-corrected chi connectivity index (χ0v) is 8.91. The van der Waals surface area contributed by atoms with Gasteiger partial charge in [-0.1, -0.05) is 0 Å². The minimum absolute atomic E-state index is 0.0728. The molecule has 0 bridgehead atoms. The summed E-state index contributed by atoms with van der Waals surface area (Å²) in [4.78, 5) is 10.7. The van der Waals surface area contributed by atoms with Crippen LogP contribution in [0.2, 0.25) is 0 Å². The van der Waals surface area contributed by atoms with Crippen molar-refractivity contribution in [2.45, 2.75) is 37.7 Å². The summed E-state index contributed by atoms with van der Waals surface area (Å²) in [5, 5.41) is 8.79. The van der Waals surface area contributed by atoms with Crippen LogP contribution in [-0.2, 0) is 14.3 Å². The van der Waals surface area contributed by atoms with Gasteiger partial charge in [0.05, 0.1) is 5.60 Å². The Morgan fingerprint density at radius 3 is 2.73 bits per heavy atom. The fraction of sp³-hybridized carbons (Fsp3) is 0.909. The molecule has 0 aromatic carbocycles. The van der Waals surface area contributed by atoms with Gasteiger partial charge in [0.1, 0.15) is 0 Å². The summed E-state index contributed by atoms with van der Waals surface area (Å²) < 4.78 is 11.2. The Kier molecular flexibility index (Phi) is 3.26. The molecule has 1 unspecified atom stereocenters. The van der Waals surface area contributed by atoms with Crippen molar-refractivity contribution in [3.63, 3.8) is 0 Å². The molecule has 2 saturated heterocycles. The van der Waals surface area contributed by atoms with Gasteiger partial charge in [0.25, 0.3) is 0 Å². The molecule has 0 aromatic rings. The van der Waals surface area contributed by atoms with E-state index in [9.17, 15) is 4.79 Å². The van der Waals surface area contributed by atoms with E-state index in [1.807, 2.05) is 0 Å². The van der Waals surface area contributed by atoms with Crippen molar-refractivity contribution in [1.82, 2.24) is 0 Å². The third-order valence-electron chi connectivity index (χ3n) is 3.46. The SMILES string of the molecule is O=C(O)CC1CCOC2(CCOCC2)C1. The molecule has 2 rings (SSSR count). The minimum atomic E-state index is -0.691. The van der Waals surface area contributed by atoms with Gasteiger partial charge in [-0.15, -0.1) is 0 Å². The van der Waals surface area contributed by atoms with Crippen LogP contribution in [0.4, 0.5) is 0 Å². The summed E-state index contributed by atoms with van der Waals surface area (Å²) in [6.07, 6.45) is 3.90. The summed E-state index contributed by atoms with van der Waals surface area (Å²) in [7, 11) is 0. The highest BCUT2D eigenvalue weighted by molar-refractivity contribution is 5.67. The molecule has 2 heterocycles. The maximum atomic E-state index is 10.7. The highest BCUT2D eigenvalue weighted by Crippen LogP contribution is 2.38. The molecule has 0 aliphatic carbocycles. The molecule has 2 aliphatic heterocycles. The molecule has 1 atom stereocenters. The van der Waals surface area contributed by atoms with E-state index in [0.717, 1.165) is 38.9 Å². The van der Waals surface area contributed by atoms with Gasteiger partial charge < -0.3 is 14.6 Å². The normalized spacial score (nSPS) is 30.3. The van der Waals surface area contributed by atoms with Crippen molar-refractivity contribution >= 4 is 5.97 Å². The second kappa shape index (κ2) is 4.49. The van der Waals surface area contributed by atoms with Crippen LogP contribution in [-0.4, -0.2) is 36.5 Å². The molecule has 2 aliphatic rings. The molecule has 0 radical (unpaired) electrons. The smallest absolute Gasteiger partial charge is 0.303 e. The number of hydrogen-bond donors (Lipinski definition) is 1. The van der Waals surface area contributed by atoms with E-state index in [4.69, 9.17) is 14.6 Å². The first-order chi connectivity index (χ1) is 7.20. The van der Waals surface area contributed by atoms with Gasteiger partial charge in [-0.2, -0.15) is 0 Å². The Hall–Kier alpha value is -0.610. The van der Waals surface area contributed by atoms with E-state index < -0.39 is 5.97 Å². The number of hydrogen-bond acceptors (Lipinski definition) is 3. The molecule has 86 valence electrons. The average molecular weight is 214 g/mol. The van der Waals surface area contributed by atoms with Crippen LogP contribution in [0.5, 0.6) is 0 Å². The van der Waals surface area contributed by atoms with Crippen LogP contribution >= 0.6 is 0 Å². The van der Waals surface area contributed by atoms with Crippen molar-refractivity contribution < 1.29 is 19.4 Å². The number of carbonyl (C=O) groups is 1. The fourth-order valence-electron chi connectivity index (χ4n) is 2.64. The molecular weight excluding hydrogens is 196 g/mol. The maximum absolute atomic E-state index is 10.7. The van der Waals surface area contributed by atoms with Gasteiger partial charge in [-0.25, -0.2) is 0 Å². The third-order valence-corrected chi connectivity index (χ3v) is 3.46. The topological polar surface area (TPSA) is 55.8 Å². The Morgan fingerprint density at radius 1 is 1.33 bits per heavy atom. The van der Waals surface area contributed by atoms with Gasteiger partial charge in [-0.05, 0) is 31.6 Å². The highest BCUT2D eigenvalue weighted by atomic mass is 16.5. The minimum Gasteiger partial charge on any atom is -0.481 e. The average Bonchev–Trinajstić information content (AvgIpc) is 2.17. The van der Waals surface area contributed by atoms with Crippen molar-refractivity contribution in [2.24, 2.45) is 5.92 Å². The zero-order valence-electron chi connectivity index (χ0n) is 8.91. The Bertz CT molecular complexity index is 227. The number of ether oxygens (including phenoxy) is 2. The van der Waals surface area contributed by atoms with Crippen molar-refractivity contribution in [3.05, 3.63) is 0 Å². The molecule has 0 amide bonds. The van der Waals surface area contributed by atoms with Crippen LogP contribution < -0.4 is 0 Å². The maximum Gasteiger partial charge on any atom is 0.303 e. The first-order valence-corrected chi connectivity index (χ1v) is 5.64. The van der Waals surface area contributed by atoms with Crippen LogP contribution in [0.1, 0.15) is 32.1 Å². The van der Waals surface area contributed by atoms with Crippen molar-refractivity contribution in [2.75, 3.05) is 19.8 Å². The van der Waals surface area contributed by atoms with Crippen molar-refractivity contribution in [1.29, 1.82) is 0 Å². The van der Waals surface area contributed by atoms with Gasteiger partial charge in [0.15, 0.2) is 0 Å². The van der Waals surface area contributed by atoms with E-state index >= 15 is 0 Å². The van der Waals surface area contributed by atoms with E-state index in [1.165, 1.54) is 0 Å². The largest absolute Gasteiger partial charge is 0.481 e. The lowest BCUT2D eigenvalue weighted by molar-refractivity contribution is -0.154. The Morgan fingerprint density at radius 2 is 2.07 bits per heavy atom. The predicted molar refractivity (Wildman–Crippen MR) is 53.7 cm³/mol. The van der Waals surface area contributed by atoms with E-state index in [0.29, 0.717) is 6.61 Å². The van der Waals surface area contributed by atoms with Gasteiger partial charge in [0.2, 0.25) is 0 Å². The molecule has 15 heavy (non-hydrogen) atoms. The first-order valence-electron chi connectivity index (χ1n) is 5.64. The lowest BCUT2D eigenvalue weighted by Gasteiger charge is -2.43. The quantitative estimate of drug-likeness (QED) is 0.755. The van der Waals surface area contributed by atoms with Crippen LogP contribution in [0, 0.1) is 5.92 Å². The van der Waals surface area contributed by atoms with E-state index in [1.54, 1.807) is 0 Å². The van der Waals surface area contributed by atoms with Gasteiger partial charge >= 0.3 is 5.97 Å². The summed E-state index contributed by atoms with van der Waals surface area (Å²) in [5.74, 6) is -0.404. The number of rotatable bonds is 2. The summed E-state index contributed by atoms with van der Waals surface area (Å²) >= 11 is 0. The van der Waals surface area contributed by atoms with Gasteiger partial charge in [-0.3, -0.25) is 4.79 Å². The number of carboxylic acids is 1. The lowest BCUT2D eigenvalue weighted by atomic mass is 9.79. The van der Waals surface area contributed by atoms with Crippen LogP contribution in [0.3, 0.4) is 0 Å². The number of aliphatic carboxylic acids is 1. The molecule has 1 spiro atoms. The van der Waals surface area contributed by atoms with E-state index in [-0.39, 0.29) is 17.9 Å². The predicted octanol–water partition coefficient (Wildman–Crippen LogP) is 1.44. The highest BCUT2D eigenvalue weighted by Gasteiger charge is 2.39. The summed E-state index contributed by atoms with van der Waals surface area (Å²) in [6, 6.07) is 0. The third kappa shape index (κ3) is 2.69. The molecule has 0 aromatic heterocycles. The molecule has 1 N–H and O–H groups in total.